The summed E-state index contributed by atoms with van der Waals surface area (Å²) in [6, 6.07) is 3.62. The number of hydrogen-bond donors (Lipinski definition) is 2. The molecule has 0 saturated heterocycles. The van der Waals surface area contributed by atoms with E-state index in [2.05, 4.69) is 15.2 Å². The maximum absolute atomic E-state index is 14.4. The molecule has 3 rings (SSSR count). The molecule has 0 spiro atoms. The fourth-order valence-electron chi connectivity index (χ4n) is 2.35. The molecule has 0 saturated carbocycles. The van der Waals surface area contributed by atoms with Crippen molar-refractivity contribution in [3.8, 4) is 32.8 Å². The van der Waals surface area contributed by atoms with Gasteiger partial charge in [0.05, 0.1) is 23.8 Å². The number of halogens is 4. The van der Waals surface area contributed by atoms with Crippen LogP contribution in [0.2, 0.25) is 10.0 Å². The average molecular weight is 510 g/mol. The monoisotopic (exact) mass is 508 g/mol. The number of rotatable bonds is 8. The first-order chi connectivity index (χ1) is 14.3. The van der Waals surface area contributed by atoms with Crippen LogP contribution in [0.15, 0.2) is 24.4 Å². The molecule has 12 heteroatoms. The van der Waals surface area contributed by atoms with Crippen LogP contribution in [0, 0.1) is 5.82 Å². The highest BCUT2D eigenvalue weighted by Gasteiger charge is 2.17. The molecule has 1 atom stereocenters. The molecule has 0 aliphatic heterocycles. The highest BCUT2D eigenvalue weighted by Crippen LogP contribution is 2.38. The van der Waals surface area contributed by atoms with E-state index in [1.54, 1.807) is 12.3 Å². The van der Waals surface area contributed by atoms with Crippen molar-refractivity contribution >= 4 is 46.9 Å². The van der Waals surface area contributed by atoms with Crippen molar-refractivity contribution in [2.45, 2.75) is 26.0 Å². The van der Waals surface area contributed by atoms with Crippen LogP contribution in [-0.2, 0) is 0 Å². The second kappa shape index (κ2) is 11.2. The summed E-state index contributed by atoms with van der Waals surface area (Å²) in [7, 11) is 0. The highest BCUT2D eigenvalue weighted by atomic mass is 35.5. The third-order valence-corrected chi connectivity index (χ3v) is 5.36. The predicted molar refractivity (Wildman–Crippen MR) is 122 cm³/mol. The molecule has 3 N–H and O–H groups in total. The zero-order valence-electron chi connectivity index (χ0n) is 16.5. The molecule has 0 unspecified atom stereocenters. The van der Waals surface area contributed by atoms with Gasteiger partial charge in [-0.05, 0) is 26.0 Å². The van der Waals surface area contributed by atoms with Crippen LogP contribution in [0.25, 0.3) is 21.1 Å². The number of aliphatic hydroxyl groups excluding tert-OH is 1. The Labute approximate surface area is 198 Å². The van der Waals surface area contributed by atoms with Crippen molar-refractivity contribution in [3.05, 3.63) is 40.3 Å². The van der Waals surface area contributed by atoms with Gasteiger partial charge in [0.2, 0.25) is 5.88 Å². The van der Waals surface area contributed by atoms with E-state index in [0.29, 0.717) is 32.0 Å². The fourth-order valence-corrected chi connectivity index (χ4v) is 3.72. The summed E-state index contributed by atoms with van der Waals surface area (Å²) in [5, 5.41) is 18.7. The maximum atomic E-state index is 14.4. The van der Waals surface area contributed by atoms with Crippen molar-refractivity contribution in [2.24, 2.45) is 5.73 Å². The summed E-state index contributed by atoms with van der Waals surface area (Å²) in [5.74, 6) is -0.355. The number of aromatic nitrogens is 3. The second-order valence-corrected chi connectivity index (χ2v) is 8.40. The minimum absolute atomic E-state index is 0. The van der Waals surface area contributed by atoms with E-state index < -0.39 is 11.9 Å². The van der Waals surface area contributed by atoms with Crippen LogP contribution in [-0.4, -0.2) is 45.6 Å². The predicted octanol–water partition coefficient (Wildman–Crippen LogP) is 4.62. The standard InChI is InChI=1S/C19H19Cl2FN4O3S.ClH/c1-9(2)29-17-14(21)3-10(6-24-17)18-25-26-19(30-18)12-4-15(22)16(5-13(12)20)28-8-11(23)7-27;/h3-6,9,11,27H,7-8,23H2,1-2H3;1H/t11-;/m0./s1. The van der Waals surface area contributed by atoms with Gasteiger partial charge in [0.15, 0.2) is 11.6 Å². The van der Waals surface area contributed by atoms with Crippen molar-refractivity contribution in [1.29, 1.82) is 0 Å². The molecule has 0 radical (unpaired) electrons. The molecule has 0 aliphatic carbocycles. The molecule has 1 aromatic carbocycles. The Morgan fingerprint density at radius 3 is 2.52 bits per heavy atom. The van der Waals surface area contributed by atoms with Gasteiger partial charge in [-0.2, -0.15) is 0 Å². The first-order valence-electron chi connectivity index (χ1n) is 8.93. The maximum Gasteiger partial charge on any atom is 0.232 e. The van der Waals surface area contributed by atoms with E-state index in [-0.39, 0.29) is 42.5 Å². The van der Waals surface area contributed by atoms with Gasteiger partial charge in [-0.1, -0.05) is 34.5 Å². The molecule has 168 valence electrons. The zero-order valence-corrected chi connectivity index (χ0v) is 19.7. The Morgan fingerprint density at radius 2 is 1.87 bits per heavy atom. The molecule has 7 nitrogen and oxygen atoms in total. The van der Waals surface area contributed by atoms with Crippen LogP contribution in [0.4, 0.5) is 4.39 Å². The molecular weight excluding hydrogens is 490 g/mol. The lowest BCUT2D eigenvalue weighted by Crippen LogP contribution is -2.31. The summed E-state index contributed by atoms with van der Waals surface area (Å²) < 4.78 is 25.2. The van der Waals surface area contributed by atoms with Crippen molar-refractivity contribution in [2.75, 3.05) is 13.2 Å². The Morgan fingerprint density at radius 1 is 1.16 bits per heavy atom. The molecule has 2 aromatic heterocycles. The van der Waals surface area contributed by atoms with Gasteiger partial charge in [-0.25, -0.2) is 9.37 Å². The summed E-state index contributed by atoms with van der Waals surface area (Å²) in [4.78, 5) is 4.22. The lowest BCUT2D eigenvalue weighted by Gasteiger charge is -2.12. The minimum atomic E-state index is -0.629. The van der Waals surface area contributed by atoms with Gasteiger partial charge in [0.1, 0.15) is 21.6 Å². The first kappa shape index (κ1) is 25.5. The number of nitrogens with zero attached hydrogens (tertiary/aromatic N) is 3. The zero-order chi connectivity index (χ0) is 21.8. The molecule has 0 aliphatic rings. The van der Waals surface area contributed by atoms with E-state index in [4.69, 9.17) is 43.5 Å². The molecule has 2 heterocycles. The van der Waals surface area contributed by atoms with Crippen LogP contribution in [0.5, 0.6) is 11.6 Å². The Kier molecular flexibility index (Phi) is 9.23. The molecule has 31 heavy (non-hydrogen) atoms. The number of benzene rings is 1. The third kappa shape index (κ3) is 6.38. The van der Waals surface area contributed by atoms with Crippen LogP contribution >= 0.6 is 46.9 Å². The summed E-state index contributed by atoms with van der Waals surface area (Å²) in [5.41, 5.74) is 6.58. The fraction of sp³-hybridized carbons (Fsp3) is 0.316. The summed E-state index contributed by atoms with van der Waals surface area (Å²) in [6.45, 7) is 3.44. The quantitative estimate of drug-likeness (QED) is 0.456. The Hall–Kier alpha value is -1.75. The third-order valence-electron chi connectivity index (χ3n) is 3.77. The summed E-state index contributed by atoms with van der Waals surface area (Å²) >= 11 is 13.7. The number of hydrogen-bond acceptors (Lipinski definition) is 8. The smallest absolute Gasteiger partial charge is 0.232 e. The minimum Gasteiger partial charge on any atom is -0.489 e. The van der Waals surface area contributed by atoms with Gasteiger partial charge in [0, 0.05) is 23.4 Å². The first-order valence-corrected chi connectivity index (χ1v) is 10.5. The Balaban J connectivity index is 0.00000341. The van der Waals surface area contributed by atoms with Gasteiger partial charge < -0.3 is 20.3 Å². The average Bonchev–Trinajstić information content (AvgIpc) is 3.19. The highest BCUT2D eigenvalue weighted by molar-refractivity contribution is 7.18. The molecular formula is C19H20Cl3FN4O3S. The van der Waals surface area contributed by atoms with Gasteiger partial charge in [-0.15, -0.1) is 22.6 Å². The van der Waals surface area contributed by atoms with Gasteiger partial charge in [0.25, 0.3) is 0 Å². The second-order valence-electron chi connectivity index (χ2n) is 6.61. The molecule has 3 aromatic rings. The molecule has 0 amide bonds. The van der Waals surface area contributed by atoms with E-state index in [0.717, 1.165) is 0 Å². The topological polar surface area (TPSA) is 103 Å². The lowest BCUT2D eigenvalue weighted by atomic mass is 10.2. The van der Waals surface area contributed by atoms with Crippen molar-refractivity contribution < 1.29 is 19.0 Å². The summed E-state index contributed by atoms with van der Waals surface area (Å²) in [6.07, 6.45) is 1.52. The lowest BCUT2D eigenvalue weighted by molar-refractivity contribution is 0.202. The van der Waals surface area contributed by atoms with Gasteiger partial charge >= 0.3 is 0 Å². The van der Waals surface area contributed by atoms with Crippen molar-refractivity contribution in [1.82, 2.24) is 15.2 Å². The van der Waals surface area contributed by atoms with Crippen LogP contribution in [0.3, 0.4) is 0 Å². The SMILES string of the molecule is CC(C)Oc1ncc(-c2nnc(-c3cc(F)c(OC[C@@H](N)CO)cc3Cl)s2)cc1Cl.Cl. The van der Waals surface area contributed by atoms with Gasteiger partial charge in [-0.3, -0.25) is 0 Å². The van der Waals surface area contributed by atoms with Crippen molar-refractivity contribution in [3.63, 3.8) is 0 Å². The van der Waals surface area contributed by atoms with E-state index >= 15 is 0 Å². The number of pyridine rings is 1. The Bertz CT molecular complexity index is 1040. The van der Waals surface area contributed by atoms with E-state index in [1.807, 2.05) is 13.8 Å². The normalized spacial score (nSPS) is 11.9. The van der Waals surface area contributed by atoms with Crippen LogP contribution < -0.4 is 15.2 Å². The molecule has 0 fully saturated rings. The number of ether oxygens (including phenoxy) is 2. The largest absolute Gasteiger partial charge is 0.489 e. The van der Waals surface area contributed by atoms with E-state index in [1.165, 1.54) is 23.5 Å². The number of nitrogens with two attached hydrogens (primary N) is 1. The number of aliphatic hydroxyl groups is 1. The van der Waals surface area contributed by atoms with Crippen LogP contribution in [0.1, 0.15) is 13.8 Å². The molecule has 0 bridgehead atoms. The van der Waals surface area contributed by atoms with E-state index in [9.17, 15) is 4.39 Å².